The molecule has 1 N–H and O–H groups in total. The van der Waals surface area contributed by atoms with Crippen molar-refractivity contribution in [1.82, 2.24) is 9.88 Å². The van der Waals surface area contributed by atoms with Crippen LogP contribution in [0.5, 0.6) is 0 Å². The summed E-state index contributed by atoms with van der Waals surface area (Å²) in [6.45, 7) is 10.3. The van der Waals surface area contributed by atoms with Crippen LogP contribution in [-0.4, -0.2) is 62.1 Å². The number of hydrogen-bond acceptors (Lipinski definition) is 5. The normalized spacial score (nSPS) is 14.9. The Kier molecular flexibility index (Phi) is 6.29. The quantitative estimate of drug-likeness (QED) is 0.851. The highest BCUT2D eigenvalue weighted by Crippen LogP contribution is 2.19. The van der Waals surface area contributed by atoms with E-state index in [9.17, 15) is 4.79 Å². The lowest BCUT2D eigenvalue weighted by Gasteiger charge is -2.33. The molecule has 1 fully saturated rings. The van der Waals surface area contributed by atoms with E-state index in [1.807, 2.05) is 30.3 Å². The molecule has 27 heavy (non-hydrogen) atoms. The van der Waals surface area contributed by atoms with Gasteiger partial charge in [0.25, 0.3) is 5.91 Å². The molecule has 6 nitrogen and oxygen atoms in total. The van der Waals surface area contributed by atoms with Gasteiger partial charge in [-0.1, -0.05) is 0 Å². The fourth-order valence-electron chi connectivity index (χ4n) is 3.31. The zero-order valence-electron chi connectivity index (χ0n) is 16.5. The van der Waals surface area contributed by atoms with Gasteiger partial charge in [-0.3, -0.25) is 4.79 Å². The molecule has 3 rings (SSSR count). The summed E-state index contributed by atoms with van der Waals surface area (Å²) >= 11 is 0. The lowest BCUT2D eigenvalue weighted by atomic mass is 10.2. The summed E-state index contributed by atoms with van der Waals surface area (Å²) in [6, 6.07) is 11.7. The average Bonchev–Trinajstić information content (AvgIpc) is 2.71. The van der Waals surface area contributed by atoms with Gasteiger partial charge in [0.2, 0.25) is 0 Å². The standard InChI is InChI=1S/C21H29N5O/c1-4-25(5-2)18-8-6-17(7-9-18)23-21(27)20-11-10-19(16-22-20)26-14-12-24(3)13-15-26/h6-11,16H,4-5,12-15H2,1-3H3,(H,23,27). The number of carbonyl (C=O) groups excluding carboxylic acids is 1. The molecule has 1 aliphatic heterocycles. The summed E-state index contributed by atoms with van der Waals surface area (Å²) < 4.78 is 0. The second-order valence-corrected chi connectivity index (χ2v) is 6.87. The van der Waals surface area contributed by atoms with Crippen molar-refractivity contribution in [3.8, 4) is 0 Å². The molecule has 2 aromatic rings. The van der Waals surface area contributed by atoms with Gasteiger partial charge in [0.05, 0.1) is 11.9 Å². The molecule has 1 aromatic carbocycles. The van der Waals surface area contributed by atoms with Crippen LogP contribution in [0.2, 0.25) is 0 Å². The Morgan fingerprint density at radius 3 is 2.26 bits per heavy atom. The first kappa shape index (κ1) is 19.2. The summed E-state index contributed by atoms with van der Waals surface area (Å²) in [4.78, 5) is 23.7. The Labute approximate surface area is 161 Å². The number of anilines is 3. The van der Waals surface area contributed by atoms with Gasteiger partial charge in [-0.25, -0.2) is 4.98 Å². The molecule has 1 aliphatic rings. The van der Waals surface area contributed by atoms with Crippen LogP contribution >= 0.6 is 0 Å². The Balaban J connectivity index is 1.61. The maximum Gasteiger partial charge on any atom is 0.274 e. The third-order valence-electron chi connectivity index (χ3n) is 5.10. The van der Waals surface area contributed by atoms with Crippen LogP contribution in [0.25, 0.3) is 0 Å². The van der Waals surface area contributed by atoms with E-state index in [-0.39, 0.29) is 5.91 Å². The Hall–Kier alpha value is -2.60. The van der Waals surface area contributed by atoms with Crippen LogP contribution in [0.15, 0.2) is 42.6 Å². The first-order valence-electron chi connectivity index (χ1n) is 9.66. The van der Waals surface area contributed by atoms with Gasteiger partial charge in [-0.15, -0.1) is 0 Å². The number of piperazine rings is 1. The van der Waals surface area contributed by atoms with Crippen molar-refractivity contribution in [1.29, 1.82) is 0 Å². The third-order valence-corrected chi connectivity index (χ3v) is 5.10. The summed E-state index contributed by atoms with van der Waals surface area (Å²) in [6.07, 6.45) is 1.80. The predicted octanol–water partition coefficient (Wildman–Crippen LogP) is 2.93. The molecule has 2 heterocycles. The minimum absolute atomic E-state index is 0.185. The fraction of sp³-hybridized carbons (Fsp3) is 0.429. The highest BCUT2D eigenvalue weighted by molar-refractivity contribution is 6.03. The predicted molar refractivity (Wildman–Crippen MR) is 112 cm³/mol. The molecule has 0 unspecified atom stereocenters. The van der Waals surface area contributed by atoms with Crippen molar-refractivity contribution in [2.45, 2.75) is 13.8 Å². The zero-order chi connectivity index (χ0) is 19.2. The molecule has 0 atom stereocenters. The smallest absolute Gasteiger partial charge is 0.274 e. The maximum absolute atomic E-state index is 12.5. The van der Waals surface area contributed by atoms with Gasteiger partial charge in [0.15, 0.2) is 0 Å². The van der Waals surface area contributed by atoms with Crippen molar-refractivity contribution in [2.75, 3.05) is 61.4 Å². The SMILES string of the molecule is CCN(CC)c1ccc(NC(=O)c2ccc(N3CCN(C)CC3)cn2)cc1. The van der Waals surface area contributed by atoms with Crippen molar-refractivity contribution >= 4 is 23.0 Å². The summed E-state index contributed by atoms with van der Waals surface area (Å²) in [5.41, 5.74) is 3.44. The number of nitrogens with one attached hydrogen (secondary N) is 1. The van der Waals surface area contributed by atoms with E-state index < -0.39 is 0 Å². The number of likely N-dealkylation sites (N-methyl/N-ethyl adjacent to an activating group) is 1. The molecule has 0 spiro atoms. The van der Waals surface area contributed by atoms with Gasteiger partial charge < -0.3 is 20.0 Å². The Morgan fingerprint density at radius 1 is 1.04 bits per heavy atom. The summed E-state index contributed by atoms with van der Waals surface area (Å²) in [7, 11) is 2.14. The van der Waals surface area contributed by atoms with E-state index in [4.69, 9.17) is 0 Å². The van der Waals surface area contributed by atoms with Gasteiger partial charge in [-0.2, -0.15) is 0 Å². The number of nitrogens with zero attached hydrogens (tertiary/aromatic N) is 4. The molecule has 1 aromatic heterocycles. The number of hydrogen-bond donors (Lipinski definition) is 1. The maximum atomic E-state index is 12.5. The van der Waals surface area contributed by atoms with E-state index in [0.717, 1.165) is 56.3 Å². The number of rotatable bonds is 6. The largest absolute Gasteiger partial charge is 0.372 e. The Bertz CT molecular complexity index is 732. The molecule has 1 amide bonds. The minimum Gasteiger partial charge on any atom is -0.372 e. The van der Waals surface area contributed by atoms with Crippen LogP contribution < -0.4 is 15.1 Å². The van der Waals surface area contributed by atoms with Crippen molar-refractivity contribution < 1.29 is 4.79 Å². The monoisotopic (exact) mass is 367 g/mol. The van der Waals surface area contributed by atoms with Crippen LogP contribution in [-0.2, 0) is 0 Å². The van der Waals surface area contributed by atoms with Gasteiger partial charge >= 0.3 is 0 Å². The second kappa shape index (κ2) is 8.86. The van der Waals surface area contributed by atoms with E-state index in [1.165, 1.54) is 0 Å². The van der Waals surface area contributed by atoms with Crippen LogP contribution in [0, 0.1) is 0 Å². The molecule has 0 aliphatic carbocycles. The van der Waals surface area contributed by atoms with Gasteiger partial charge in [0.1, 0.15) is 5.69 Å². The van der Waals surface area contributed by atoms with Crippen LogP contribution in [0.3, 0.4) is 0 Å². The van der Waals surface area contributed by atoms with Gasteiger partial charge in [0, 0.05) is 50.6 Å². The molecule has 0 radical (unpaired) electrons. The Morgan fingerprint density at radius 2 is 1.70 bits per heavy atom. The van der Waals surface area contributed by atoms with Crippen LogP contribution in [0.4, 0.5) is 17.1 Å². The summed E-state index contributed by atoms with van der Waals surface area (Å²) in [5.74, 6) is -0.185. The van der Waals surface area contributed by atoms with E-state index in [2.05, 4.69) is 45.9 Å². The van der Waals surface area contributed by atoms with E-state index in [1.54, 1.807) is 12.3 Å². The zero-order valence-corrected chi connectivity index (χ0v) is 16.5. The molecular weight excluding hydrogens is 338 g/mol. The minimum atomic E-state index is -0.185. The second-order valence-electron chi connectivity index (χ2n) is 6.87. The molecular formula is C21H29N5O. The molecule has 0 saturated carbocycles. The first-order valence-corrected chi connectivity index (χ1v) is 9.66. The number of benzene rings is 1. The van der Waals surface area contributed by atoms with Gasteiger partial charge in [-0.05, 0) is 57.3 Å². The third kappa shape index (κ3) is 4.77. The number of amides is 1. The average molecular weight is 367 g/mol. The van der Waals surface area contributed by atoms with E-state index in [0.29, 0.717) is 5.69 Å². The lowest BCUT2D eigenvalue weighted by molar-refractivity contribution is 0.102. The number of pyridine rings is 1. The summed E-state index contributed by atoms with van der Waals surface area (Å²) in [5, 5.41) is 2.92. The fourth-order valence-corrected chi connectivity index (χ4v) is 3.31. The molecule has 144 valence electrons. The van der Waals surface area contributed by atoms with Crippen molar-refractivity contribution in [2.24, 2.45) is 0 Å². The number of carbonyl (C=O) groups is 1. The highest BCUT2D eigenvalue weighted by Gasteiger charge is 2.15. The molecule has 1 saturated heterocycles. The van der Waals surface area contributed by atoms with E-state index >= 15 is 0 Å². The topological polar surface area (TPSA) is 51.7 Å². The van der Waals surface area contributed by atoms with Crippen molar-refractivity contribution in [3.63, 3.8) is 0 Å². The highest BCUT2D eigenvalue weighted by atomic mass is 16.1. The molecule has 0 bridgehead atoms. The lowest BCUT2D eigenvalue weighted by Crippen LogP contribution is -2.44. The molecule has 6 heteroatoms. The number of aromatic nitrogens is 1. The first-order chi connectivity index (χ1) is 13.1. The van der Waals surface area contributed by atoms with Crippen molar-refractivity contribution in [3.05, 3.63) is 48.3 Å². The van der Waals surface area contributed by atoms with Crippen LogP contribution in [0.1, 0.15) is 24.3 Å².